The third-order valence-corrected chi connectivity index (χ3v) is 2.16. The fourth-order valence-corrected chi connectivity index (χ4v) is 1.27. The summed E-state index contributed by atoms with van der Waals surface area (Å²) in [4.78, 5) is 28.4. The standard InChI is InChI=1S/C8H13N7O4/c1-3-5(15(18)19)7(13-8(12-3)14-10)11-2-4(16)6(9)17/h4,16H,2,10H2,1H3,(H2,9,17)(H2,11,12,13,14). The zero-order valence-corrected chi connectivity index (χ0v) is 9.95. The van der Waals surface area contributed by atoms with Crippen LogP contribution in [-0.4, -0.2) is 38.6 Å². The molecule has 0 aliphatic carbocycles. The van der Waals surface area contributed by atoms with Gasteiger partial charge in [-0.05, 0) is 6.92 Å². The Balaban J connectivity index is 3.06. The topological polar surface area (TPSA) is 182 Å². The molecule has 1 aromatic rings. The zero-order valence-electron chi connectivity index (χ0n) is 9.95. The minimum atomic E-state index is -1.50. The van der Waals surface area contributed by atoms with E-state index in [2.05, 4.69) is 20.7 Å². The van der Waals surface area contributed by atoms with Gasteiger partial charge >= 0.3 is 5.69 Å². The Morgan fingerprint density at radius 2 is 2.21 bits per heavy atom. The van der Waals surface area contributed by atoms with Gasteiger partial charge in [-0.15, -0.1) is 0 Å². The van der Waals surface area contributed by atoms with Gasteiger partial charge in [0.05, 0.1) is 11.5 Å². The molecule has 0 saturated carbocycles. The van der Waals surface area contributed by atoms with Crippen molar-refractivity contribution < 1.29 is 14.8 Å². The van der Waals surface area contributed by atoms with Crippen molar-refractivity contribution in [1.29, 1.82) is 0 Å². The Labute approximate surface area is 107 Å². The van der Waals surface area contributed by atoms with Crippen LogP contribution >= 0.6 is 0 Å². The summed E-state index contributed by atoms with van der Waals surface area (Å²) < 4.78 is 0. The van der Waals surface area contributed by atoms with E-state index in [1.54, 1.807) is 0 Å². The molecular formula is C8H13N7O4. The lowest BCUT2D eigenvalue weighted by atomic mass is 10.3. The van der Waals surface area contributed by atoms with E-state index < -0.39 is 16.9 Å². The van der Waals surface area contributed by atoms with Gasteiger partial charge in [-0.2, -0.15) is 4.98 Å². The monoisotopic (exact) mass is 271 g/mol. The fraction of sp³-hybridized carbons (Fsp3) is 0.375. The van der Waals surface area contributed by atoms with Crippen LogP contribution in [0.1, 0.15) is 5.69 Å². The highest BCUT2D eigenvalue weighted by Crippen LogP contribution is 2.26. The zero-order chi connectivity index (χ0) is 14.6. The number of nitrogens with one attached hydrogen (secondary N) is 2. The maximum absolute atomic E-state index is 10.9. The number of hydrazine groups is 1. The minimum absolute atomic E-state index is 0.0424. The maximum Gasteiger partial charge on any atom is 0.332 e. The van der Waals surface area contributed by atoms with E-state index in [1.165, 1.54) is 6.92 Å². The number of primary amides is 1. The summed E-state index contributed by atoms with van der Waals surface area (Å²) in [6, 6.07) is 0. The van der Waals surface area contributed by atoms with E-state index >= 15 is 0 Å². The second-order valence-electron chi connectivity index (χ2n) is 3.53. The Hall–Kier alpha value is -2.53. The number of anilines is 2. The van der Waals surface area contributed by atoms with Gasteiger partial charge < -0.3 is 16.2 Å². The van der Waals surface area contributed by atoms with E-state index in [-0.39, 0.29) is 29.7 Å². The van der Waals surface area contributed by atoms with Crippen LogP contribution in [-0.2, 0) is 4.79 Å². The maximum atomic E-state index is 10.9. The van der Waals surface area contributed by atoms with Crippen molar-refractivity contribution in [1.82, 2.24) is 9.97 Å². The predicted molar refractivity (Wildman–Crippen MR) is 64.9 cm³/mol. The van der Waals surface area contributed by atoms with E-state index in [4.69, 9.17) is 11.6 Å². The second kappa shape index (κ2) is 5.88. The van der Waals surface area contributed by atoms with Crippen molar-refractivity contribution >= 4 is 23.4 Å². The first-order valence-electron chi connectivity index (χ1n) is 5.07. The molecule has 1 unspecified atom stereocenters. The molecule has 7 N–H and O–H groups in total. The van der Waals surface area contributed by atoms with Gasteiger partial charge in [-0.25, -0.2) is 10.8 Å². The summed E-state index contributed by atoms with van der Waals surface area (Å²) in [7, 11) is 0. The summed E-state index contributed by atoms with van der Waals surface area (Å²) >= 11 is 0. The SMILES string of the molecule is Cc1nc(NN)nc(NCC(O)C(N)=O)c1[N+](=O)[O-]. The first-order chi connectivity index (χ1) is 8.86. The number of amides is 1. The molecule has 19 heavy (non-hydrogen) atoms. The lowest BCUT2D eigenvalue weighted by Crippen LogP contribution is -2.34. The number of carbonyl (C=O) groups is 1. The van der Waals surface area contributed by atoms with Gasteiger partial charge in [0.1, 0.15) is 11.8 Å². The molecule has 1 aromatic heterocycles. The van der Waals surface area contributed by atoms with Gasteiger partial charge in [-0.1, -0.05) is 0 Å². The molecule has 0 saturated heterocycles. The molecule has 0 aliphatic rings. The van der Waals surface area contributed by atoms with Crippen LogP contribution in [0.4, 0.5) is 17.5 Å². The number of carbonyl (C=O) groups excluding carboxylic acids is 1. The van der Waals surface area contributed by atoms with Crippen LogP contribution in [0.2, 0.25) is 0 Å². The highest BCUT2D eigenvalue weighted by Gasteiger charge is 2.23. The third-order valence-electron chi connectivity index (χ3n) is 2.16. The number of aliphatic hydroxyl groups is 1. The molecule has 0 bridgehead atoms. The lowest BCUT2D eigenvalue weighted by molar-refractivity contribution is -0.385. The number of rotatable bonds is 6. The van der Waals surface area contributed by atoms with Gasteiger partial charge in [0.15, 0.2) is 0 Å². The van der Waals surface area contributed by atoms with Gasteiger partial charge in [-0.3, -0.25) is 20.3 Å². The molecule has 0 fully saturated rings. The van der Waals surface area contributed by atoms with Crippen LogP contribution in [0.25, 0.3) is 0 Å². The molecule has 1 atom stereocenters. The summed E-state index contributed by atoms with van der Waals surface area (Å²) in [5, 5.41) is 22.6. The molecule has 1 amide bonds. The Kier molecular flexibility index (Phi) is 4.50. The Bertz CT molecular complexity index is 506. The number of aryl methyl sites for hydroxylation is 1. The normalized spacial score (nSPS) is 11.7. The molecule has 11 nitrogen and oxygen atoms in total. The molecule has 0 aliphatic heterocycles. The number of nitrogens with zero attached hydrogens (tertiary/aromatic N) is 3. The van der Waals surface area contributed by atoms with Gasteiger partial charge in [0, 0.05) is 0 Å². The largest absolute Gasteiger partial charge is 0.381 e. The van der Waals surface area contributed by atoms with Crippen molar-refractivity contribution in [2.45, 2.75) is 13.0 Å². The Morgan fingerprint density at radius 3 is 2.68 bits per heavy atom. The van der Waals surface area contributed by atoms with Crippen LogP contribution < -0.4 is 22.3 Å². The number of nitrogen functional groups attached to an aromatic ring is 1. The fourth-order valence-electron chi connectivity index (χ4n) is 1.27. The van der Waals surface area contributed by atoms with Crippen LogP contribution in [0.5, 0.6) is 0 Å². The molecule has 1 rings (SSSR count). The summed E-state index contributed by atoms with van der Waals surface area (Å²) in [5.74, 6) is 3.94. The molecule has 11 heteroatoms. The average molecular weight is 271 g/mol. The van der Waals surface area contributed by atoms with E-state index in [1.807, 2.05) is 0 Å². The number of aliphatic hydroxyl groups excluding tert-OH is 1. The highest BCUT2D eigenvalue weighted by atomic mass is 16.6. The van der Waals surface area contributed by atoms with Gasteiger partial charge in [0.25, 0.3) is 0 Å². The van der Waals surface area contributed by atoms with Crippen molar-refractivity contribution in [3.05, 3.63) is 15.8 Å². The highest BCUT2D eigenvalue weighted by molar-refractivity contribution is 5.79. The lowest BCUT2D eigenvalue weighted by Gasteiger charge is -2.11. The van der Waals surface area contributed by atoms with Crippen LogP contribution in [0, 0.1) is 17.0 Å². The summed E-state index contributed by atoms with van der Waals surface area (Å²) in [6.45, 7) is 1.08. The number of aromatic nitrogens is 2. The smallest absolute Gasteiger partial charge is 0.332 e. The quantitative estimate of drug-likeness (QED) is 0.227. The Morgan fingerprint density at radius 1 is 1.58 bits per heavy atom. The molecule has 0 aromatic carbocycles. The van der Waals surface area contributed by atoms with Crippen molar-refractivity contribution in [2.75, 3.05) is 17.3 Å². The van der Waals surface area contributed by atoms with E-state index in [9.17, 15) is 20.0 Å². The first-order valence-corrected chi connectivity index (χ1v) is 5.07. The van der Waals surface area contributed by atoms with E-state index in [0.717, 1.165) is 0 Å². The number of hydrogen-bond acceptors (Lipinski definition) is 9. The average Bonchev–Trinajstić information content (AvgIpc) is 2.34. The van der Waals surface area contributed by atoms with Crippen molar-refractivity contribution in [2.24, 2.45) is 11.6 Å². The van der Waals surface area contributed by atoms with E-state index in [0.29, 0.717) is 0 Å². The molecule has 0 radical (unpaired) electrons. The van der Waals surface area contributed by atoms with Crippen LogP contribution in [0.3, 0.4) is 0 Å². The minimum Gasteiger partial charge on any atom is -0.381 e. The predicted octanol–water partition coefficient (Wildman–Crippen LogP) is -1.76. The summed E-state index contributed by atoms with van der Waals surface area (Å²) in [6.07, 6.45) is -1.50. The number of nitro groups is 1. The van der Waals surface area contributed by atoms with Crippen LogP contribution in [0.15, 0.2) is 0 Å². The number of hydrogen-bond donors (Lipinski definition) is 5. The molecule has 104 valence electrons. The number of nitrogens with two attached hydrogens (primary N) is 2. The van der Waals surface area contributed by atoms with Crippen molar-refractivity contribution in [3.63, 3.8) is 0 Å². The van der Waals surface area contributed by atoms with Crippen molar-refractivity contribution in [3.8, 4) is 0 Å². The molecular weight excluding hydrogens is 258 g/mol. The molecule has 0 spiro atoms. The molecule has 1 heterocycles. The summed E-state index contributed by atoms with van der Waals surface area (Å²) in [5.41, 5.74) is 6.70. The third kappa shape index (κ3) is 3.46. The van der Waals surface area contributed by atoms with Gasteiger partial charge in [0.2, 0.25) is 17.7 Å². The first kappa shape index (κ1) is 14.5. The second-order valence-corrected chi connectivity index (χ2v) is 3.53.